The van der Waals surface area contributed by atoms with Crippen LogP contribution >= 0.6 is 0 Å². The second kappa shape index (κ2) is 7.56. The molecule has 0 heterocycles. The van der Waals surface area contributed by atoms with Crippen LogP contribution in [0.1, 0.15) is 108 Å². The Balaban J connectivity index is 2.93. The third-order valence-corrected chi connectivity index (χ3v) is 6.15. The van der Waals surface area contributed by atoms with Crippen LogP contribution in [0.2, 0.25) is 0 Å². The summed E-state index contributed by atoms with van der Waals surface area (Å²) in [7, 11) is 0. The van der Waals surface area contributed by atoms with Gasteiger partial charge in [-0.1, -0.05) is 54.9 Å². The van der Waals surface area contributed by atoms with E-state index >= 15 is 0 Å². The van der Waals surface area contributed by atoms with Gasteiger partial charge in [-0.15, -0.1) is 0 Å². The van der Waals surface area contributed by atoms with E-state index < -0.39 is 0 Å². The molecular weight excluding hydrogens is 304 g/mol. The minimum atomic E-state index is -0.120. The van der Waals surface area contributed by atoms with Crippen LogP contribution in [-0.4, -0.2) is 5.11 Å². The van der Waals surface area contributed by atoms with Crippen LogP contribution in [0.25, 0.3) is 5.57 Å². The van der Waals surface area contributed by atoms with Crippen molar-refractivity contribution in [1.29, 1.82) is 0 Å². The lowest BCUT2D eigenvalue weighted by atomic mass is 9.66. The van der Waals surface area contributed by atoms with Gasteiger partial charge < -0.3 is 5.11 Å². The van der Waals surface area contributed by atoms with Crippen LogP contribution in [-0.2, 0) is 18.3 Å². The lowest BCUT2D eigenvalue weighted by Crippen LogP contribution is -2.25. The van der Waals surface area contributed by atoms with Crippen molar-refractivity contribution in [2.45, 2.75) is 98.3 Å². The number of fused-ring (bicyclic) bond motifs is 1. The SMILES string of the molecule is [C]=C(CC)c1c2c(c(O)c(C(C)(C)C)c1CC)C(CC)C(CC)CC2. The molecule has 25 heavy (non-hydrogen) atoms. The van der Waals surface area contributed by atoms with Crippen molar-refractivity contribution in [2.24, 2.45) is 5.92 Å². The highest BCUT2D eigenvalue weighted by atomic mass is 16.3. The highest BCUT2D eigenvalue weighted by molar-refractivity contribution is 5.75. The molecule has 0 amide bonds. The number of aromatic hydroxyl groups is 1. The Bertz CT molecular complexity index is 645. The van der Waals surface area contributed by atoms with E-state index in [1.807, 2.05) is 0 Å². The maximum atomic E-state index is 11.4. The molecule has 0 aromatic heterocycles. The Kier molecular flexibility index (Phi) is 6.07. The normalized spacial score (nSPS) is 20.4. The molecule has 1 aliphatic carbocycles. The van der Waals surface area contributed by atoms with Gasteiger partial charge in [0.2, 0.25) is 0 Å². The van der Waals surface area contributed by atoms with Crippen molar-refractivity contribution in [1.82, 2.24) is 0 Å². The van der Waals surface area contributed by atoms with Gasteiger partial charge in [-0.3, -0.25) is 0 Å². The van der Waals surface area contributed by atoms with Gasteiger partial charge in [0.1, 0.15) is 5.75 Å². The van der Waals surface area contributed by atoms with Crippen molar-refractivity contribution in [3.63, 3.8) is 0 Å². The quantitative estimate of drug-likeness (QED) is 0.623. The molecule has 0 aliphatic heterocycles. The molecular formula is C24H36O. The van der Waals surface area contributed by atoms with Gasteiger partial charge in [0.05, 0.1) is 0 Å². The van der Waals surface area contributed by atoms with E-state index in [0.717, 1.165) is 42.4 Å². The molecule has 1 aromatic rings. The van der Waals surface area contributed by atoms with Crippen molar-refractivity contribution in [3.05, 3.63) is 34.4 Å². The highest BCUT2D eigenvalue weighted by Crippen LogP contribution is 2.51. The summed E-state index contributed by atoms with van der Waals surface area (Å²) in [4.78, 5) is 0. The standard InChI is InChI=1S/C24H36O/c1-9-15(5)20-18(12-4)22(24(6,7)8)23(25)21-17(11-3)16(10-2)13-14-19(20)21/h16-17,25H,9-14H2,1-4,6-8H3. The Hall–Kier alpha value is -1.24. The lowest BCUT2D eigenvalue weighted by Gasteiger charge is -2.38. The first-order valence-electron chi connectivity index (χ1n) is 10.2. The Labute approximate surface area is 155 Å². The zero-order chi connectivity index (χ0) is 18.9. The van der Waals surface area contributed by atoms with Gasteiger partial charge in [0, 0.05) is 11.1 Å². The minimum absolute atomic E-state index is 0.120. The fourth-order valence-corrected chi connectivity index (χ4v) is 5.02. The maximum Gasteiger partial charge on any atom is 0.123 e. The zero-order valence-electron chi connectivity index (χ0n) is 17.3. The molecule has 138 valence electrons. The van der Waals surface area contributed by atoms with E-state index in [4.69, 9.17) is 6.58 Å². The van der Waals surface area contributed by atoms with Crippen LogP contribution in [0.15, 0.2) is 0 Å². The van der Waals surface area contributed by atoms with Crippen LogP contribution < -0.4 is 0 Å². The number of benzene rings is 1. The Morgan fingerprint density at radius 3 is 2.20 bits per heavy atom. The highest BCUT2D eigenvalue weighted by Gasteiger charge is 2.36. The summed E-state index contributed by atoms with van der Waals surface area (Å²) in [5.74, 6) is 1.61. The molecule has 1 aromatic carbocycles. The summed E-state index contributed by atoms with van der Waals surface area (Å²) >= 11 is 0. The monoisotopic (exact) mass is 340 g/mol. The zero-order valence-corrected chi connectivity index (χ0v) is 17.3. The predicted octanol–water partition coefficient (Wildman–Crippen LogP) is 6.82. The Morgan fingerprint density at radius 1 is 1.12 bits per heavy atom. The van der Waals surface area contributed by atoms with Crippen LogP contribution in [0.5, 0.6) is 5.75 Å². The average molecular weight is 341 g/mol. The molecule has 0 saturated carbocycles. The summed E-state index contributed by atoms with van der Waals surface area (Å²) in [6.07, 6.45) is 6.04. The second-order valence-electron chi connectivity index (χ2n) is 8.63. The number of hydrogen-bond acceptors (Lipinski definition) is 1. The molecule has 0 saturated heterocycles. The molecule has 1 N–H and O–H groups in total. The van der Waals surface area contributed by atoms with E-state index in [0.29, 0.717) is 17.6 Å². The molecule has 0 spiro atoms. The topological polar surface area (TPSA) is 20.2 Å². The van der Waals surface area contributed by atoms with Gasteiger partial charge in [0.15, 0.2) is 0 Å². The van der Waals surface area contributed by atoms with E-state index in [-0.39, 0.29) is 5.41 Å². The first kappa shape index (κ1) is 20.1. The summed E-state index contributed by atoms with van der Waals surface area (Å²) in [5.41, 5.74) is 6.53. The summed E-state index contributed by atoms with van der Waals surface area (Å²) < 4.78 is 0. The first-order valence-corrected chi connectivity index (χ1v) is 10.2. The average Bonchev–Trinajstić information content (AvgIpc) is 2.58. The Morgan fingerprint density at radius 2 is 1.76 bits per heavy atom. The van der Waals surface area contributed by atoms with E-state index in [1.54, 1.807) is 0 Å². The van der Waals surface area contributed by atoms with Gasteiger partial charge in [-0.05, 0) is 78.2 Å². The fraction of sp³-hybridized carbons (Fsp3) is 0.667. The number of rotatable bonds is 5. The molecule has 1 aliphatic rings. The van der Waals surface area contributed by atoms with Crippen molar-refractivity contribution < 1.29 is 5.11 Å². The van der Waals surface area contributed by atoms with Crippen molar-refractivity contribution in [2.75, 3.05) is 0 Å². The smallest absolute Gasteiger partial charge is 0.123 e. The van der Waals surface area contributed by atoms with Gasteiger partial charge >= 0.3 is 0 Å². The van der Waals surface area contributed by atoms with E-state index in [1.165, 1.54) is 29.5 Å². The van der Waals surface area contributed by atoms with Gasteiger partial charge in [-0.25, -0.2) is 0 Å². The molecule has 2 atom stereocenters. The summed E-state index contributed by atoms with van der Waals surface area (Å²) in [6.45, 7) is 24.0. The van der Waals surface area contributed by atoms with E-state index in [9.17, 15) is 5.11 Å². The summed E-state index contributed by atoms with van der Waals surface area (Å²) in [6, 6.07) is 0. The first-order chi connectivity index (χ1) is 11.7. The minimum Gasteiger partial charge on any atom is -0.507 e. The van der Waals surface area contributed by atoms with E-state index in [2.05, 4.69) is 48.5 Å². The number of hydrogen-bond donors (Lipinski definition) is 1. The van der Waals surface area contributed by atoms with Crippen LogP contribution in [0.3, 0.4) is 0 Å². The molecule has 0 fully saturated rings. The van der Waals surface area contributed by atoms with Gasteiger partial charge in [-0.2, -0.15) is 0 Å². The second-order valence-corrected chi connectivity index (χ2v) is 8.63. The molecule has 1 heteroatoms. The summed E-state index contributed by atoms with van der Waals surface area (Å²) in [5, 5.41) is 11.4. The fourth-order valence-electron chi connectivity index (χ4n) is 5.02. The third-order valence-electron chi connectivity index (χ3n) is 6.15. The molecule has 2 rings (SSSR count). The number of phenols is 1. The van der Waals surface area contributed by atoms with Crippen molar-refractivity contribution >= 4 is 5.57 Å². The predicted molar refractivity (Wildman–Crippen MR) is 108 cm³/mol. The van der Waals surface area contributed by atoms with Crippen LogP contribution in [0.4, 0.5) is 0 Å². The lowest BCUT2D eigenvalue weighted by molar-refractivity contribution is 0.334. The number of allylic oxidation sites excluding steroid dienone is 1. The maximum absolute atomic E-state index is 11.4. The molecule has 2 unspecified atom stereocenters. The molecule has 2 radical (unpaired) electrons. The largest absolute Gasteiger partial charge is 0.507 e. The van der Waals surface area contributed by atoms with Gasteiger partial charge in [0.25, 0.3) is 0 Å². The van der Waals surface area contributed by atoms with Crippen LogP contribution in [0, 0.1) is 12.5 Å². The molecule has 0 bridgehead atoms. The third kappa shape index (κ3) is 3.39. The number of phenolic OH excluding ortho intramolecular Hbond substituents is 1. The molecule has 1 nitrogen and oxygen atoms in total. The van der Waals surface area contributed by atoms with Crippen molar-refractivity contribution in [3.8, 4) is 5.75 Å².